The highest BCUT2D eigenvalue weighted by Crippen LogP contribution is 2.36. The Bertz CT molecular complexity index is 928. The highest BCUT2D eigenvalue weighted by atomic mass is 32.2. The SMILES string of the molecule is CC(C)(Sc1ccc(S(C)(=O)=O)cc1)C(=O)Nc1nc(C2CCCCC2)cs1. The molecule has 0 atom stereocenters. The van der Waals surface area contributed by atoms with Crippen molar-refractivity contribution in [2.45, 2.75) is 66.4 Å². The summed E-state index contributed by atoms with van der Waals surface area (Å²) >= 11 is 2.88. The Hall–Kier alpha value is -1.38. The molecule has 3 rings (SSSR count). The van der Waals surface area contributed by atoms with Crippen molar-refractivity contribution in [1.29, 1.82) is 0 Å². The summed E-state index contributed by atoms with van der Waals surface area (Å²) in [7, 11) is -3.22. The molecule has 8 heteroatoms. The van der Waals surface area contributed by atoms with Crippen LogP contribution in [0.15, 0.2) is 39.4 Å². The molecule has 1 aromatic heterocycles. The number of amides is 1. The predicted octanol–water partition coefficient (Wildman–Crippen LogP) is 5.10. The van der Waals surface area contributed by atoms with Gasteiger partial charge < -0.3 is 5.32 Å². The zero-order chi connectivity index (χ0) is 20.4. The van der Waals surface area contributed by atoms with E-state index in [2.05, 4.69) is 15.7 Å². The fourth-order valence-electron chi connectivity index (χ4n) is 3.27. The van der Waals surface area contributed by atoms with Crippen LogP contribution in [-0.4, -0.2) is 30.3 Å². The van der Waals surface area contributed by atoms with Crippen LogP contribution in [0.5, 0.6) is 0 Å². The highest BCUT2D eigenvalue weighted by Gasteiger charge is 2.30. The molecule has 28 heavy (non-hydrogen) atoms. The van der Waals surface area contributed by atoms with Crippen LogP contribution in [-0.2, 0) is 14.6 Å². The number of carbonyl (C=O) groups excluding carboxylic acids is 1. The third-order valence-corrected chi connectivity index (χ3v) is 8.05. The zero-order valence-electron chi connectivity index (χ0n) is 16.4. The molecule has 152 valence electrons. The molecule has 1 heterocycles. The number of nitrogens with one attached hydrogen (secondary N) is 1. The van der Waals surface area contributed by atoms with E-state index >= 15 is 0 Å². The lowest BCUT2D eigenvalue weighted by Gasteiger charge is -2.22. The maximum atomic E-state index is 12.8. The summed E-state index contributed by atoms with van der Waals surface area (Å²) in [5.74, 6) is 0.403. The van der Waals surface area contributed by atoms with E-state index in [1.54, 1.807) is 24.3 Å². The van der Waals surface area contributed by atoms with E-state index in [0.717, 1.165) is 10.6 Å². The third kappa shape index (κ3) is 5.36. The minimum Gasteiger partial charge on any atom is -0.301 e. The van der Waals surface area contributed by atoms with E-state index in [0.29, 0.717) is 11.0 Å². The van der Waals surface area contributed by atoms with Crippen molar-refractivity contribution in [2.24, 2.45) is 0 Å². The molecule has 1 amide bonds. The van der Waals surface area contributed by atoms with Crippen LogP contribution < -0.4 is 5.32 Å². The second-order valence-corrected chi connectivity index (χ2v) is 12.3. The van der Waals surface area contributed by atoms with Crippen molar-refractivity contribution in [2.75, 3.05) is 11.6 Å². The van der Waals surface area contributed by atoms with Crippen LogP contribution in [0.25, 0.3) is 0 Å². The number of anilines is 1. The monoisotopic (exact) mass is 438 g/mol. The molecule has 2 aromatic rings. The van der Waals surface area contributed by atoms with Gasteiger partial charge in [0.2, 0.25) is 5.91 Å². The molecule has 1 aliphatic carbocycles. The van der Waals surface area contributed by atoms with Crippen LogP contribution >= 0.6 is 23.1 Å². The van der Waals surface area contributed by atoms with E-state index in [9.17, 15) is 13.2 Å². The van der Waals surface area contributed by atoms with Crippen LogP contribution in [0.1, 0.15) is 57.6 Å². The first kappa shape index (κ1) is 21.3. The van der Waals surface area contributed by atoms with E-state index in [1.165, 1.54) is 61.5 Å². The predicted molar refractivity (Wildman–Crippen MR) is 116 cm³/mol. The first-order valence-corrected chi connectivity index (χ1v) is 13.0. The molecular weight excluding hydrogens is 412 g/mol. The van der Waals surface area contributed by atoms with Gasteiger partial charge in [0.1, 0.15) is 0 Å². The van der Waals surface area contributed by atoms with Crippen LogP contribution in [0.3, 0.4) is 0 Å². The Balaban J connectivity index is 1.63. The second-order valence-electron chi connectivity index (χ2n) is 7.72. The van der Waals surface area contributed by atoms with Crippen molar-refractivity contribution >= 4 is 44.0 Å². The largest absolute Gasteiger partial charge is 0.301 e. The fourth-order valence-corrected chi connectivity index (χ4v) is 5.70. The number of sulfone groups is 1. The van der Waals surface area contributed by atoms with E-state index in [4.69, 9.17) is 0 Å². The molecular formula is C20H26N2O3S3. The quantitative estimate of drug-likeness (QED) is 0.635. The summed E-state index contributed by atoms with van der Waals surface area (Å²) in [4.78, 5) is 18.6. The molecule has 0 bridgehead atoms. The Kier molecular flexibility index (Phi) is 6.51. The van der Waals surface area contributed by atoms with E-state index in [-0.39, 0.29) is 10.8 Å². The third-order valence-electron chi connectivity index (χ3n) is 4.94. The molecule has 0 radical (unpaired) electrons. The number of rotatable bonds is 6. The molecule has 0 saturated heterocycles. The minimum atomic E-state index is -3.22. The number of hydrogen-bond donors (Lipinski definition) is 1. The first-order chi connectivity index (χ1) is 13.1. The van der Waals surface area contributed by atoms with Crippen molar-refractivity contribution in [1.82, 2.24) is 4.98 Å². The first-order valence-electron chi connectivity index (χ1n) is 9.41. The van der Waals surface area contributed by atoms with Crippen molar-refractivity contribution in [3.05, 3.63) is 35.3 Å². The number of hydrogen-bond acceptors (Lipinski definition) is 6. The van der Waals surface area contributed by atoms with Gasteiger partial charge in [-0.2, -0.15) is 0 Å². The average Bonchev–Trinajstić information content (AvgIpc) is 3.10. The lowest BCUT2D eigenvalue weighted by Crippen LogP contribution is -2.33. The number of thiazole rings is 1. The number of nitrogens with zero attached hydrogens (tertiary/aromatic N) is 1. The van der Waals surface area contributed by atoms with E-state index in [1.807, 2.05) is 13.8 Å². The molecule has 5 nitrogen and oxygen atoms in total. The smallest absolute Gasteiger partial charge is 0.242 e. The number of thioether (sulfide) groups is 1. The summed E-state index contributed by atoms with van der Waals surface area (Å²) in [6.07, 6.45) is 7.37. The van der Waals surface area contributed by atoms with Gasteiger partial charge in [-0.1, -0.05) is 19.3 Å². The van der Waals surface area contributed by atoms with Gasteiger partial charge in [0.15, 0.2) is 15.0 Å². The Labute approximate surface area is 175 Å². The van der Waals surface area contributed by atoms with Crippen LogP contribution in [0.4, 0.5) is 5.13 Å². The molecule has 0 spiro atoms. The van der Waals surface area contributed by atoms with Gasteiger partial charge in [-0.05, 0) is 51.0 Å². The number of aromatic nitrogens is 1. The van der Waals surface area contributed by atoms with Gasteiger partial charge in [0, 0.05) is 22.4 Å². The molecule has 1 saturated carbocycles. The number of carbonyl (C=O) groups is 1. The molecule has 0 aliphatic heterocycles. The Morgan fingerprint density at radius 1 is 1.18 bits per heavy atom. The lowest BCUT2D eigenvalue weighted by atomic mass is 9.87. The van der Waals surface area contributed by atoms with Crippen molar-refractivity contribution < 1.29 is 13.2 Å². The summed E-state index contributed by atoms with van der Waals surface area (Å²) in [5.41, 5.74) is 1.10. The molecule has 1 fully saturated rings. The van der Waals surface area contributed by atoms with Gasteiger partial charge in [-0.3, -0.25) is 4.79 Å². The van der Waals surface area contributed by atoms with Crippen LogP contribution in [0, 0.1) is 0 Å². The number of benzene rings is 1. The van der Waals surface area contributed by atoms with Crippen molar-refractivity contribution in [3.63, 3.8) is 0 Å². The molecule has 1 N–H and O–H groups in total. The van der Waals surface area contributed by atoms with Crippen molar-refractivity contribution in [3.8, 4) is 0 Å². The summed E-state index contributed by atoms with van der Waals surface area (Å²) in [6, 6.07) is 6.62. The van der Waals surface area contributed by atoms with Gasteiger partial charge in [-0.15, -0.1) is 23.1 Å². The average molecular weight is 439 g/mol. The molecule has 0 unspecified atom stereocenters. The van der Waals surface area contributed by atoms with Gasteiger partial charge >= 0.3 is 0 Å². The summed E-state index contributed by atoms with van der Waals surface area (Å²) in [5, 5.41) is 5.66. The van der Waals surface area contributed by atoms with Crippen LogP contribution in [0.2, 0.25) is 0 Å². The lowest BCUT2D eigenvalue weighted by molar-refractivity contribution is -0.117. The normalized spacial score (nSPS) is 16.1. The van der Waals surface area contributed by atoms with E-state index < -0.39 is 14.6 Å². The highest BCUT2D eigenvalue weighted by molar-refractivity contribution is 8.01. The Morgan fingerprint density at radius 3 is 2.43 bits per heavy atom. The fraction of sp³-hybridized carbons (Fsp3) is 0.500. The minimum absolute atomic E-state index is 0.116. The Morgan fingerprint density at radius 2 is 1.82 bits per heavy atom. The summed E-state index contributed by atoms with van der Waals surface area (Å²) < 4.78 is 22.4. The molecule has 1 aromatic carbocycles. The summed E-state index contributed by atoms with van der Waals surface area (Å²) in [6.45, 7) is 3.71. The topological polar surface area (TPSA) is 76.1 Å². The second kappa shape index (κ2) is 8.55. The maximum Gasteiger partial charge on any atom is 0.242 e. The van der Waals surface area contributed by atoms with Gasteiger partial charge in [-0.25, -0.2) is 13.4 Å². The molecule has 1 aliphatic rings. The zero-order valence-corrected chi connectivity index (χ0v) is 18.8. The van der Waals surface area contributed by atoms with Gasteiger partial charge in [0.25, 0.3) is 0 Å². The van der Waals surface area contributed by atoms with Gasteiger partial charge in [0.05, 0.1) is 15.3 Å². The standard InChI is InChI=1S/C20H26N2O3S3/c1-20(2,27-15-9-11-16(12-10-15)28(3,24)25)18(23)22-19-21-17(13-26-19)14-7-5-4-6-8-14/h9-14H,4-8H2,1-3H3,(H,21,22,23). The maximum absolute atomic E-state index is 12.8.